The lowest BCUT2D eigenvalue weighted by Crippen LogP contribution is -2.39. The summed E-state index contributed by atoms with van der Waals surface area (Å²) in [6.45, 7) is 1.73. The molecule has 0 radical (unpaired) electrons. The predicted octanol–water partition coefficient (Wildman–Crippen LogP) is 4.99. The van der Waals surface area contributed by atoms with Crippen molar-refractivity contribution in [3.63, 3.8) is 0 Å². The fraction of sp³-hybridized carbons (Fsp3) is 0.250. The Balaban J connectivity index is 1.47. The Morgan fingerprint density at radius 3 is 2.53 bits per heavy atom. The number of Topliss-reactive ketones (excluding diaryl/α,β-unsaturated/α-hetero) is 1. The molecule has 2 aromatic rings. The first-order chi connectivity index (χ1) is 14.4. The summed E-state index contributed by atoms with van der Waals surface area (Å²) >= 11 is 0. The molecule has 3 nitrogen and oxygen atoms in total. The third-order valence-electron chi connectivity index (χ3n) is 5.29. The van der Waals surface area contributed by atoms with Crippen LogP contribution >= 0.6 is 0 Å². The number of rotatable bonds is 5. The first-order valence-corrected chi connectivity index (χ1v) is 9.91. The first kappa shape index (κ1) is 20.1. The van der Waals surface area contributed by atoms with Crippen molar-refractivity contribution in [2.24, 2.45) is 0 Å². The van der Waals surface area contributed by atoms with Gasteiger partial charge in [-0.3, -0.25) is 4.79 Å². The normalized spacial score (nSPS) is 15.7. The third-order valence-corrected chi connectivity index (χ3v) is 5.29. The van der Waals surface area contributed by atoms with Crippen molar-refractivity contribution in [2.45, 2.75) is 25.6 Å². The van der Waals surface area contributed by atoms with Gasteiger partial charge in [-0.1, -0.05) is 36.4 Å². The van der Waals surface area contributed by atoms with Crippen LogP contribution in [0.25, 0.3) is 6.08 Å². The Morgan fingerprint density at radius 1 is 1.03 bits per heavy atom. The molecule has 0 atom stereocenters. The largest absolute Gasteiger partial charge is 0.416 e. The van der Waals surface area contributed by atoms with E-state index in [1.54, 1.807) is 4.57 Å². The van der Waals surface area contributed by atoms with Gasteiger partial charge in [-0.15, -0.1) is 0 Å². The highest BCUT2D eigenvalue weighted by atomic mass is 19.4. The number of nitrogens with zero attached hydrogens (tertiary/aromatic N) is 2. The van der Waals surface area contributed by atoms with Gasteiger partial charge >= 0.3 is 6.18 Å². The van der Waals surface area contributed by atoms with Gasteiger partial charge in [0, 0.05) is 24.7 Å². The number of benzene rings is 1. The number of ketones is 1. The third kappa shape index (κ3) is 4.53. The van der Waals surface area contributed by atoms with Gasteiger partial charge < -0.3 is 4.90 Å². The molecular weight excluding hydrogens is 389 g/mol. The maximum Gasteiger partial charge on any atom is 0.416 e. The average molecular weight is 411 g/mol. The number of carbonyl (C=O) groups is 1. The molecule has 0 spiro atoms. The van der Waals surface area contributed by atoms with E-state index in [-0.39, 0.29) is 17.9 Å². The van der Waals surface area contributed by atoms with E-state index in [2.05, 4.69) is 29.2 Å². The number of carbonyl (C=O) groups excluding carboxylic acids is 1. The van der Waals surface area contributed by atoms with Crippen LogP contribution < -0.4 is 9.47 Å². The van der Waals surface area contributed by atoms with Crippen LogP contribution in [-0.4, -0.2) is 18.9 Å². The maximum absolute atomic E-state index is 12.7. The molecule has 0 N–H and O–H groups in total. The number of pyridine rings is 1. The quantitative estimate of drug-likeness (QED) is 0.512. The number of anilines is 1. The molecule has 2 aliphatic rings. The zero-order chi connectivity index (χ0) is 21.1. The van der Waals surface area contributed by atoms with E-state index in [1.165, 1.54) is 17.7 Å². The number of alkyl halides is 3. The number of halogens is 3. The molecule has 0 saturated heterocycles. The zero-order valence-corrected chi connectivity index (χ0v) is 16.4. The molecule has 2 heterocycles. The fourth-order valence-electron chi connectivity index (χ4n) is 3.73. The molecule has 0 fully saturated rings. The summed E-state index contributed by atoms with van der Waals surface area (Å²) in [7, 11) is 0. The number of allylic oxidation sites excluding steroid dienone is 2. The van der Waals surface area contributed by atoms with Crippen molar-refractivity contribution in [1.29, 1.82) is 0 Å². The first-order valence-electron chi connectivity index (χ1n) is 9.91. The summed E-state index contributed by atoms with van der Waals surface area (Å²) in [5, 5.41) is 0. The van der Waals surface area contributed by atoms with Crippen LogP contribution in [0.1, 0.15) is 34.3 Å². The summed E-state index contributed by atoms with van der Waals surface area (Å²) in [6, 6.07) is 6.35. The van der Waals surface area contributed by atoms with E-state index in [1.807, 2.05) is 24.5 Å². The highest BCUT2D eigenvalue weighted by molar-refractivity contribution is 5.95. The molecule has 1 aromatic heterocycles. The van der Waals surface area contributed by atoms with Crippen LogP contribution in [0, 0.1) is 0 Å². The highest BCUT2D eigenvalue weighted by Crippen LogP contribution is 2.29. The monoisotopic (exact) mass is 411 g/mol. The van der Waals surface area contributed by atoms with Gasteiger partial charge in [0.15, 0.2) is 12.4 Å². The van der Waals surface area contributed by atoms with E-state index in [0.717, 1.165) is 49.3 Å². The highest BCUT2D eigenvalue weighted by Gasteiger charge is 2.30. The average Bonchev–Trinajstić information content (AvgIpc) is 2.74. The molecule has 4 rings (SSSR count). The fourth-order valence-corrected chi connectivity index (χ4v) is 3.73. The topological polar surface area (TPSA) is 24.2 Å². The molecule has 6 heteroatoms. The minimum absolute atomic E-state index is 0.0698. The molecule has 0 unspecified atom stereocenters. The molecule has 154 valence electrons. The van der Waals surface area contributed by atoms with Crippen LogP contribution in [0.4, 0.5) is 18.9 Å². The summed E-state index contributed by atoms with van der Waals surface area (Å²) in [6.07, 6.45) is 12.3. The Hall–Kier alpha value is -3.15. The van der Waals surface area contributed by atoms with Crippen molar-refractivity contribution in [3.8, 4) is 0 Å². The van der Waals surface area contributed by atoms with Crippen molar-refractivity contribution in [1.82, 2.24) is 0 Å². The van der Waals surface area contributed by atoms with E-state index < -0.39 is 11.7 Å². The second-order valence-corrected chi connectivity index (χ2v) is 7.50. The van der Waals surface area contributed by atoms with Crippen molar-refractivity contribution in [3.05, 3.63) is 89.3 Å². The molecule has 1 aliphatic carbocycles. The summed E-state index contributed by atoms with van der Waals surface area (Å²) in [4.78, 5) is 14.8. The van der Waals surface area contributed by atoms with Crippen molar-refractivity contribution < 1.29 is 22.5 Å². The number of hydrogen-bond donors (Lipinski definition) is 0. The van der Waals surface area contributed by atoms with E-state index in [9.17, 15) is 18.0 Å². The van der Waals surface area contributed by atoms with Crippen molar-refractivity contribution in [2.75, 3.05) is 18.0 Å². The smallest absolute Gasteiger partial charge is 0.363 e. The van der Waals surface area contributed by atoms with Crippen LogP contribution in [0.15, 0.2) is 72.6 Å². The Morgan fingerprint density at radius 2 is 1.83 bits per heavy atom. The summed E-state index contributed by atoms with van der Waals surface area (Å²) in [5.41, 5.74) is 2.94. The minimum atomic E-state index is -4.41. The molecule has 30 heavy (non-hydrogen) atoms. The molecular formula is C24H22F3N2O+. The SMILES string of the molecule is O=C(C[n+]1ccc2c(c1)C=CCN2CC1=CCCC=C1)c1ccc(C(F)(F)F)cc1. The van der Waals surface area contributed by atoms with Crippen LogP contribution in [0.3, 0.4) is 0 Å². The second-order valence-electron chi connectivity index (χ2n) is 7.50. The van der Waals surface area contributed by atoms with E-state index in [0.29, 0.717) is 0 Å². The lowest BCUT2D eigenvalue weighted by atomic mass is 10.0. The Kier molecular flexibility index (Phi) is 5.57. The number of aromatic nitrogens is 1. The van der Waals surface area contributed by atoms with Gasteiger partial charge in [-0.25, -0.2) is 0 Å². The van der Waals surface area contributed by atoms with Crippen LogP contribution in [-0.2, 0) is 12.7 Å². The van der Waals surface area contributed by atoms with Gasteiger partial charge in [0.05, 0.1) is 16.8 Å². The summed E-state index contributed by atoms with van der Waals surface area (Å²) in [5.74, 6) is -0.234. The van der Waals surface area contributed by atoms with Crippen LogP contribution in [0.2, 0.25) is 0 Å². The van der Waals surface area contributed by atoms with Gasteiger partial charge in [-0.2, -0.15) is 17.7 Å². The van der Waals surface area contributed by atoms with Crippen molar-refractivity contribution >= 4 is 17.5 Å². The number of fused-ring (bicyclic) bond motifs is 1. The maximum atomic E-state index is 12.7. The van der Waals surface area contributed by atoms with Gasteiger partial charge in [-0.05, 0) is 36.6 Å². The Bertz CT molecular complexity index is 1030. The molecule has 0 saturated carbocycles. The molecule has 1 aromatic carbocycles. The molecule has 0 bridgehead atoms. The zero-order valence-electron chi connectivity index (χ0n) is 16.4. The molecule has 0 amide bonds. The molecule has 1 aliphatic heterocycles. The summed E-state index contributed by atoms with van der Waals surface area (Å²) < 4.78 is 39.9. The van der Waals surface area contributed by atoms with Gasteiger partial charge in [0.25, 0.3) is 0 Å². The van der Waals surface area contributed by atoms with Gasteiger partial charge in [0.2, 0.25) is 12.3 Å². The lowest BCUT2D eigenvalue weighted by Gasteiger charge is -2.28. The Labute approximate surface area is 173 Å². The predicted molar refractivity (Wildman–Crippen MR) is 110 cm³/mol. The van der Waals surface area contributed by atoms with E-state index in [4.69, 9.17) is 0 Å². The lowest BCUT2D eigenvalue weighted by molar-refractivity contribution is -0.683. The number of hydrogen-bond acceptors (Lipinski definition) is 2. The minimum Gasteiger partial charge on any atom is -0.363 e. The second kappa shape index (κ2) is 8.30. The standard InChI is InChI=1S/C24H22F3N2O/c25-24(26,27)21-10-8-19(9-11-21)23(30)17-28-14-12-22-20(16-28)7-4-13-29(22)15-18-5-2-1-3-6-18/h2,4-12,14,16H,1,3,13,15,17H2/q+1. The van der Waals surface area contributed by atoms with Gasteiger partial charge in [0.1, 0.15) is 0 Å². The van der Waals surface area contributed by atoms with E-state index >= 15 is 0 Å². The van der Waals surface area contributed by atoms with Crippen LogP contribution in [0.5, 0.6) is 0 Å².